The van der Waals surface area contributed by atoms with E-state index in [-0.39, 0.29) is 139 Å². The van der Waals surface area contributed by atoms with Gasteiger partial charge in [0.15, 0.2) is 34.6 Å². The monoisotopic (exact) mass is 1290 g/mol. The lowest BCUT2D eigenvalue weighted by Gasteiger charge is -2.13. The number of thioether (sulfide) groups is 1. The number of aromatic amines is 2. The molecule has 3 aliphatic rings. The summed E-state index contributed by atoms with van der Waals surface area (Å²) in [5.41, 5.74) is -1.31. The second-order valence-corrected chi connectivity index (χ2v) is 20.5. The molecule has 0 saturated carbocycles. The number of carbonyl (C=O) groups is 8. The van der Waals surface area contributed by atoms with E-state index in [9.17, 15) is 52.7 Å². The highest BCUT2D eigenvalue weighted by Crippen LogP contribution is 2.28. The van der Waals surface area contributed by atoms with Crippen LogP contribution in [0.4, 0.5) is 10.7 Å². The van der Waals surface area contributed by atoms with Crippen molar-refractivity contribution >= 4 is 64.1 Å². The summed E-state index contributed by atoms with van der Waals surface area (Å²) in [5.74, 6) is -6.62. The molecule has 7 rings (SSSR count). The molecule has 1 aromatic carbocycles. The third kappa shape index (κ3) is 25.7. The molecular formula is C56H63N19O16S. The normalized spacial score (nSPS) is 15.4. The number of Topliss-reactive ketones (excluding diaryl/α,β-unsaturated/α-hetero) is 1. The summed E-state index contributed by atoms with van der Waals surface area (Å²) in [6.07, 6.45) is 5.59. The van der Waals surface area contributed by atoms with Crippen LogP contribution in [0.25, 0.3) is 0 Å². The van der Waals surface area contributed by atoms with Gasteiger partial charge in [0.1, 0.15) is 6.26 Å². The van der Waals surface area contributed by atoms with Crippen molar-refractivity contribution in [2.24, 2.45) is 29.6 Å². The molecule has 6 amide bonds. The predicted octanol–water partition coefficient (Wildman–Crippen LogP) is 3.01. The van der Waals surface area contributed by atoms with Gasteiger partial charge in [-0.15, -0.1) is 15.3 Å². The number of anilines is 1. The molecule has 2 aliphatic heterocycles. The summed E-state index contributed by atoms with van der Waals surface area (Å²) in [5, 5.41) is 129. The van der Waals surface area contributed by atoms with E-state index in [1.54, 1.807) is 48.5 Å². The van der Waals surface area contributed by atoms with Gasteiger partial charge in [-0.25, -0.2) is 0 Å². The lowest BCUT2D eigenvalue weighted by molar-refractivity contribution is -0.126. The lowest BCUT2D eigenvalue weighted by Crippen LogP contribution is -2.35. The number of aliphatic hydroxyl groups is 2. The van der Waals surface area contributed by atoms with Crippen LogP contribution in [0.3, 0.4) is 0 Å². The maximum atomic E-state index is 11.3. The Bertz CT molecular complexity index is 3800. The number of imide groups is 2. The van der Waals surface area contributed by atoms with Crippen molar-refractivity contribution < 1.29 is 63.2 Å². The molecular weight excluding hydrogens is 1230 g/mol. The molecule has 36 heteroatoms. The van der Waals surface area contributed by atoms with Gasteiger partial charge in [0.05, 0.1) is 71.7 Å². The summed E-state index contributed by atoms with van der Waals surface area (Å²) < 4.78 is 4.73. The van der Waals surface area contributed by atoms with E-state index in [1.165, 1.54) is 12.3 Å². The third-order valence-electron chi connectivity index (χ3n) is 12.2. The van der Waals surface area contributed by atoms with Crippen LogP contribution in [0.5, 0.6) is 11.5 Å². The zero-order valence-electron chi connectivity index (χ0n) is 49.5. The highest BCUT2D eigenvalue weighted by molar-refractivity contribution is 8.15. The Morgan fingerprint density at radius 2 is 1.15 bits per heavy atom. The molecule has 0 spiro atoms. The topological polar surface area (TPSA) is 605 Å². The van der Waals surface area contributed by atoms with Gasteiger partial charge in [0.2, 0.25) is 34.4 Å². The van der Waals surface area contributed by atoms with Crippen molar-refractivity contribution in [3.05, 3.63) is 95.0 Å². The van der Waals surface area contributed by atoms with Gasteiger partial charge in [0.25, 0.3) is 28.4 Å². The fraction of sp³-hybridized carbons (Fsp3) is 0.429. The molecule has 0 bridgehead atoms. The SMILES string of the molecule is C.C[C@H](CC#N)C(=O)NCc1nn[nH]n1.C[C@H](CC#N)C(=O)Nc1nn[nH]n1.C[C@H](CC#N)C1=C(O)C(=O)NC1=O.C[C@H](CC#N)C1=CC(=O)C=C(O)C1=O.C[C@H](CC#N)C1SC(=O)NC1=O.C[C@H](CC#N)c1c(O)c(=O)c1=O.C[C@H](CC#N)c1cocc(O)c1=O. The smallest absolute Gasteiger partial charge is 0.293 e. The lowest BCUT2D eigenvalue weighted by atomic mass is 9.90. The minimum atomic E-state index is -0.838. The van der Waals surface area contributed by atoms with Crippen molar-refractivity contribution in [1.29, 1.82) is 36.8 Å². The number of aromatic hydroxyl groups is 2. The average molecular weight is 1290 g/mol. The van der Waals surface area contributed by atoms with Crippen molar-refractivity contribution in [3.63, 3.8) is 0 Å². The molecule has 8 atom stereocenters. The maximum Gasteiger partial charge on any atom is 0.293 e. The summed E-state index contributed by atoms with van der Waals surface area (Å²) >= 11 is 0.971. The van der Waals surface area contributed by atoms with E-state index >= 15 is 0 Å². The Kier molecular flexibility index (Phi) is 35.8. The van der Waals surface area contributed by atoms with Crippen LogP contribution in [0, 0.1) is 109 Å². The molecule has 35 nitrogen and oxygen atoms in total. The van der Waals surface area contributed by atoms with E-state index in [0.717, 1.165) is 24.1 Å². The molecule has 1 saturated heterocycles. The molecule has 1 aliphatic carbocycles. The highest BCUT2D eigenvalue weighted by Gasteiger charge is 2.36. The van der Waals surface area contributed by atoms with Gasteiger partial charge in [-0.05, 0) is 23.1 Å². The molecule has 5 heterocycles. The number of allylic oxidation sites excluding steroid dienone is 3. The number of hydrogen-bond donors (Lipinski definition) is 10. The van der Waals surface area contributed by atoms with Gasteiger partial charge in [-0.3, -0.25) is 68.7 Å². The van der Waals surface area contributed by atoms with Crippen LogP contribution in [-0.4, -0.2) is 113 Å². The summed E-state index contributed by atoms with van der Waals surface area (Å²) in [6.45, 7) is 12.0. The first-order chi connectivity index (χ1) is 43.0. The molecule has 1 fully saturated rings. The second-order valence-electron chi connectivity index (χ2n) is 19.4. The Morgan fingerprint density at radius 3 is 1.64 bits per heavy atom. The van der Waals surface area contributed by atoms with Crippen LogP contribution in [0.15, 0.2) is 66.1 Å². The zero-order chi connectivity index (χ0) is 69.1. The van der Waals surface area contributed by atoms with E-state index < -0.39 is 68.6 Å². The number of carbonyl (C=O) groups excluding carboxylic acids is 8. The first-order valence-corrected chi connectivity index (χ1v) is 27.4. The summed E-state index contributed by atoms with van der Waals surface area (Å²) in [4.78, 5) is 121. The fourth-order valence-electron chi connectivity index (χ4n) is 6.99. The number of aromatic nitrogens is 8. The van der Waals surface area contributed by atoms with Crippen molar-refractivity contribution in [1.82, 2.24) is 57.2 Å². The van der Waals surface area contributed by atoms with Crippen LogP contribution >= 0.6 is 11.8 Å². The van der Waals surface area contributed by atoms with Gasteiger partial charge < -0.3 is 30.2 Å². The number of hydrogen-bond acceptors (Lipinski definition) is 30. The average Bonchev–Trinajstić information content (AvgIpc) is 1.16. The van der Waals surface area contributed by atoms with Gasteiger partial charge in [0, 0.05) is 91.7 Å². The Balaban J connectivity index is 0.00000105. The molecule has 4 aromatic rings. The number of aliphatic hydroxyl groups excluding tert-OH is 2. The maximum absolute atomic E-state index is 11.3. The molecule has 484 valence electrons. The van der Waals surface area contributed by atoms with E-state index in [2.05, 4.69) is 57.2 Å². The van der Waals surface area contributed by atoms with Crippen LogP contribution in [0.1, 0.15) is 130 Å². The quantitative estimate of drug-likeness (QED) is 0.0412. The van der Waals surface area contributed by atoms with Crippen molar-refractivity contribution in [3.8, 4) is 54.0 Å². The van der Waals surface area contributed by atoms with E-state index in [4.69, 9.17) is 61.7 Å². The Labute approximate surface area is 527 Å². The number of amides is 6. The molecule has 3 aromatic heterocycles. The van der Waals surface area contributed by atoms with Crippen LogP contribution in [0.2, 0.25) is 0 Å². The number of ketones is 2. The minimum absolute atomic E-state index is 0. The number of H-pyrrole nitrogens is 2. The number of nitriles is 7. The standard InChI is InChI=1S/C10H9NO3.C9H9NO3.C8H8N2O3.C8H7NO3.C7H10N6O.C7H8N2O2S.C6H8N6O.CH4/c1-6(2-3-11)8-4-7(12)5-9(13)10(8)14;1-6(2-3-10)7-4-13-5-8(11)9(7)12;1-4(2-3-9)5-6(11)8(13)10-7(5)12;1-4(2-3-9)5-6(10)8(12)7(5)11;1-5(2-3-8)7(14)9-4-6-10-12-13-11-6;1-4(2-3-8)5-6(10)9-7(11)12-5;1-4(2-3-7)5(13)8-6-9-11-12-10-6;/h4-6,13H,2H2,1H3;4-6,11H,2H2,1H3;4H,2H2,1H3,(H2,10,11,12,13);4,10H,2H2,1H3;5H,2,4H2,1H3,(H,9,14)(H,10,11,12,13);4-5H,2H2,1H3,(H,9,10,11);4H,2H2,1H3,(H2,8,9,10,11,12,13);1H4/t2*6-;2*4-;5-;4-,5?;4-;/m1111111./s1. The molecule has 10 N–H and O–H groups in total. The third-order valence-corrected chi connectivity index (χ3v) is 13.4. The second kappa shape index (κ2) is 41.1. The van der Waals surface area contributed by atoms with Gasteiger partial charge in [-0.1, -0.05) is 78.0 Å². The number of nitrogens with one attached hydrogen (secondary N) is 6. The minimum Gasteiger partial charge on any atom is -0.504 e. The summed E-state index contributed by atoms with van der Waals surface area (Å²) in [6, 6.07) is 13.4. The van der Waals surface area contributed by atoms with Gasteiger partial charge in [-0.2, -0.15) is 47.3 Å². The van der Waals surface area contributed by atoms with E-state index in [0.29, 0.717) is 17.8 Å². The van der Waals surface area contributed by atoms with Gasteiger partial charge >= 0.3 is 0 Å². The molecule has 1 unspecified atom stereocenters. The number of rotatable bonds is 17. The summed E-state index contributed by atoms with van der Waals surface area (Å²) in [7, 11) is 0. The number of nitrogens with zero attached hydrogens (tertiary/aromatic N) is 13. The van der Waals surface area contributed by atoms with Crippen molar-refractivity contribution in [2.45, 2.75) is 124 Å². The molecule has 0 radical (unpaired) electrons. The largest absolute Gasteiger partial charge is 0.504 e. The van der Waals surface area contributed by atoms with Crippen LogP contribution in [-0.2, 0) is 40.1 Å². The van der Waals surface area contributed by atoms with Crippen LogP contribution < -0.4 is 37.6 Å². The zero-order valence-corrected chi connectivity index (χ0v) is 50.3. The first kappa shape index (κ1) is 79.9. The molecule has 92 heavy (non-hydrogen) atoms. The highest BCUT2D eigenvalue weighted by atomic mass is 32.2. The van der Waals surface area contributed by atoms with Crippen molar-refractivity contribution in [2.75, 3.05) is 5.32 Å². The Morgan fingerprint density at radius 1 is 0.620 bits per heavy atom. The first-order valence-electron chi connectivity index (χ1n) is 26.5. The van der Waals surface area contributed by atoms with E-state index in [1.807, 2.05) is 47.8 Å². The number of tetrazole rings is 2. The predicted molar refractivity (Wildman–Crippen MR) is 316 cm³/mol. The Hall–Kier alpha value is -12.1. The fourth-order valence-corrected chi connectivity index (χ4v) is 7.87.